The van der Waals surface area contributed by atoms with Gasteiger partial charge >= 0.3 is 5.97 Å². The van der Waals surface area contributed by atoms with Crippen LogP contribution in [-0.2, 0) is 31.1 Å². The van der Waals surface area contributed by atoms with E-state index in [1.54, 1.807) is 7.05 Å². The number of carbonyl (C=O) groups is 4. The van der Waals surface area contributed by atoms with Gasteiger partial charge in [-0.05, 0) is 34.9 Å². The van der Waals surface area contributed by atoms with Crippen molar-refractivity contribution in [1.29, 1.82) is 0 Å². The highest BCUT2D eigenvalue weighted by Crippen LogP contribution is 2.41. The summed E-state index contributed by atoms with van der Waals surface area (Å²) in [5.41, 5.74) is 0.437. The summed E-state index contributed by atoms with van der Waals surface area (Å²) in [6.45, 7) is 0. The zero-order valence-corrected chi connectivity index (χ0v) is 22.7. The Labute approximate surface area is 233 Å². The summed E-state index contributed by atoms with van der Waals surface area (Å²) in [6, 6.07) is -0.975. The fourth-order valence-corrected chi connectivity index (χ4v) is 7.01. The highest BCUT2D eigenvalue weighted by atomic mass is 32.2. The number of carboxylic acid groups (broad SMARTS) is 1. The maximum absolute atomic E-state index is 13.3. The molecule has 1 saturated heterocycles. The number of fused-ring (bicyclic) bond motifs is 1. The number of nitrogens with one attached hydrogen (secondary N) is 2. The Morgan fingerprint density at radius 2 is 2.26 bits per heavy atom. The van der Waals surface area contributed by atoms with Gasteiger partial charge in [0.1, 0.15) is 28.9 Å². The second-order valence-electron chi connectivity index (χ2n) is 8.38. The number of tetrazole rings is 1. The molecule has 0 aromatic carbocycles. The molecular formula is C21H21N9O6S3. The molecule has 4 heterocycles. The van der Waals surface area contributed by atoms with Gasteiger partial charge in [-0.25, -0.2) is 14.5 Å². The number of thioether (sulfide) groups is 2. The van der Waals surface area contributed by atoms with Crippen LogP contribution in [0.1, 0.15) is 18.5 Å². The largest absolute Gasteiger partial charge is 0.477 e. The van der Waals surface area contributed by atoms with E-state index >= 15 is 0 Å². The number of aryl methyl sites for hydroxylation is 1. The number of amides is 3. The number of thiazole rings is 1. The number of nitrogens with zero attached hydrogens (tertiary/aromatic N) is 7. The molecule has 3 amide bonds. The van der Waals surface area contributed by atoms with E-state index in [4.69, 9.17) is 4.84 Å². The van der Waals surface area contributed by atoms with Crippen molar-refractivity contribution in [1.82, 2.24) is 35.4 Å². The summed E-state index contributed by atoms with van der Waals surface area (Å²) in [4.78, 5) is 60.2. The topological polar surface area (TPSA) is 194 Å². The molecule has 39 heavy (non-hydrogen) atoms. The minimum atomic E-state index is -1.23. The molecule has 0 bridgehead atoms. The fraction of sp³-hybridized carbons (Fsp3) is 0.381. The molecule has 3 aliphatic rings. The zero-order chi connectivity index (χ0) is 27.5. The van der Waals surface area contributed by atoms with Crippen LogP contribution in [0.2, 0.25) is 0 Å². The smallest absolute Gasteiger partial charge is 0.352 e. The van der Waals surface area contributed by atoms with Gasteiger partial charge in [0.2, 0.25) is 11.6 Å². The van der Waals surface area contributed by atoms with E-state index in [-0.39, 0.29) is 34.1 Å². The lowest BCUT2D eigenvalue weighted by Gasteiger charge is -2.49. The fourth-order valence-electron chi connectivity index (χ4n) is 4.02. The first-order chi connectivity index (χ1) is 18.9. The molecule has 1 fully saturated rings. The maximum Gasteiger partial charge on any atom is 0.352 e. The molecule has 3 atom stereocenters. The Kier molecular flexibility index (Phi) is 7.94. The predicted molar refractivity (Wildman–Crippen MR) is 141 cm³/mol. The highest BCUT2D eigenvalue weighted by Gasteiger charge is 2.54. The monoisotopic (exact) mass is 591 g/mol. The van der Waals surface area contributed by atoms with Gasteiger partial charge in [0.25, 0.3) is 11.8 Å². The Balaban J connectivity index is 1.32. The van der Waals surface area contributed by atoms with Gasteiger partial charge < -0.3 is 20.6 Å². The van der Waals surface area contributed by atoms with Gasteiger partial charge in [0.15, 0.2) is 10.8 Å². The van der Waals surface area contributed by atoms with Crippen LogP contribution in [0, 0.1) is 0 Å². The van der Waals surface area contributed by atoms with E-state index in [2.05, 4.69) is 36.3 Å². The van der Waals surface area contributed by atoms with Crippen molar-refractivity contribution in [3.63, 3.8) is 0 Å². The molecule has 0 saturated carbocycles. The molecule has 3 N–H and O–H groups in total. The molecule has 2 aliphatic heterocycles. The zero-order valence-electron chi connectivity index (χ0n) is 20.2. The van der Waals surface area contributed by atoms with Crippen molar-refractivity contribution in [3.8, 4) is 0 Å². The van der Waals surface area contributed by atoms with Gasteiger partial charge in [-0.2, -0.15) is 0 Å². The van der Waals surface area contributed by atoms with E-state index in [1.165, 1.54) is 38.5 Å². The summed E-state index contributed by atoms with van der Waals surface area (Å²) < 4.78 is 1.47. The van der Waals surface area contributed by atoms with Crippen LogP contribution in [0.15, 0.2) is 39.1 Å². The van der Waals surface area contributed by atoms with E-state index in [0.717, 1.165) is 17.8 Å². The van der Waals surface area contributed by atoms with E-state index in [0.29, 0.717) is 29.3 Å². The van der Waals surface area contributed by atoms with E-state index in [9.17, 15) is 24.3 Å². The minimum Gasteiger partial charge on any atom is -0.477 e. The van der Waals surface area contributed by atoms with Crippen LogP contribution in [0.4, 0.5) is 5.13 Å². The number of aliphatic carboxylic acids is 1. The summed E-state index contributed by atoms with van der Waals surface area (Å²) >= 11 is 3.70. The van der Waals surface area contributed by atoms with E-state index < -0.39 is 29.2 Å². The second-order valence-corrected chi connectivity index (χ2v) is 11.3. The van der Waals surface area contributed by atoms with Crippen molar-refractivity contribution < 1.29 is 29.1 Å². The van der Waals surface area contributed by atoms with Gasteiger partial charge in [0, 0.05) is 23.9 Å². The van der Waals surface area contributed by atoms with Crippen LogP contribution < -0.4 is 10.6 Å². The standard InChI is InChI=1S/C21H21N9O6S3/c1-29-21(25-27-28-29)39-7-10-6-37-18-14(17(33)30(18)15(10)19(34)35)24-16(32)13(26-36-11-4-2-3-5-11)12-8-38-20(23-12)22-9-31/h2,4,8-9,11,14,18H,3,5-7H2,1H3,(H,24,32)(H,34,35)(H,22,23,31)/t11?,14?,18-/m1/s1. The van der Waals surface area contributed by atoms with Gasteiger partial charge in [-0.1, -0.05) is 23.0 Å². The normalized spacial score (nSPS) is 22.4. The average molecular weight is 592 g/mol. The van der Waals surface area contributed by atoms with Gasteiger partial charge in [0.05, 0.1) is 0 Å². The first-order valence-corrected chi connectivity index (χ1v) is 14.4. The lowest BCUT2D eigenvalue weighted by molar-refractivity contribution is -0.150. The Bertz CT molecular complexity index is 1400. The number of allylic oxidation sites excluding steroid dienone is 1. The number of rotatable bonds is 11. The van der Waals surface area contributed by atoms with Crippen molar-refractivity contribution in [3.05, 3.63) is 34.5 Å². The number of oxime groups is 1. The third-order valence-electron chi connectivity index (χ3n) is 5.89. The quantitative estimate of drug-likeness (QED) is 0.0804. The number of hydrogen-bond acceptors (Lipinski definition) is 13. The van der Waals surface area contributed by atoms with E-state index in [1.807, 2.05) is 12.2 Å². The number of aromatic nitrogens is 5. The number of anilines is 1. The van der Waals surface area contributed by atoms with Gasteiger partial charge in [-0.3, -0.25) is 19.3 Å². The summed E-state index contributed by atoms with van der Waals surface area (Å²) in [5, 5.41) is 31.9. The van der Waals surface area contributed by atoms with Crippen molar-refractivity contribution in [2.24, 2.45) is 12.2 Å². The molecule has 0 spiro atoms. The maximum atomic E-state index is 13.3. The average Bonchev–Trinajstić information content (AvgIpc) is 3.69. The van der Waals surface area contributed by atoms with Crippen LogP contribution in [0.3, 0.4) is 0 Å². The van der Waals surface area contributed by atoms with Crippen molar-refractivity contribution >= 4 is 69.9 Å². The molecular weight excluding hydrogens is 570 g/mol. The number of carboxylic acids is 1. The lowest BCUT2D eigenvalue weighted by atomic mass is 10.0. The van der Waals surface area contributed by atoms with Crippen molar-refractivity contribution in [2.45, 2.75) is 35.5 Å². The lowest BCUT2D eigenvalue weighted by Crippen LogP contribution is -2.71. The number of β-lactam (4-membered cyclic amide) rings is 1. The van der Waals surface area contributed by atoms with Crippen molar-refractivity contribution in [2.75, 3.05) is 16.8 Å². The Morgan fingerprint density at radius 1 is 1.41 bits per heavy atom. The summed E-state index contributed by atoms with van der Waals surface area (Å²) in [7, 11) is 1.67. The molecule has 2 unspecified atom stereocenters. The molecule has 15 nitrogen and oxygen atoms in total. The molecule has 204 valence electrons. The third-order valence-corrected chi connectivity index (χ3v) is 9.10. The summed E-state index contributed by atoms with van der Waals surface area (Å²) in [5.74, 6) is -1.88. The summed E-state index contributed by atoms with van der Waals surface area (Å²) in [6.07, 6.45) is 5.48. The Morgan fingerprint density at radius 3 is 2.95 bits per heavy atom. The first kappa shape index (κ1) is 26.8. The highest BCUT2D eigenvalue weighted by molar-refractivity contribution is 8.01. The minimum absolute atomic E-state index is 0.105. The third kappa shape index (κ3) is 5.52. The Hall–Kier alpha value is -3.77. The van der Waals surface area contributed by atoms with Crippen LogP contribution in [0.25, 0.3) is 0 Å². The molecule has 5 rings (SSSR count). The number of carbonyl (C=O) groups excluding carboxylic acids is 3. The molecule has 2 aromatic heterocycles. The molecule has 18 heteroatoms. The molecule has 1 aliphatic carbocycles. The predicted octanol–water partition coefficient (Wildman–Crippen LogP) is 0.205. The van der Waals surface area contributed by atoms with Gasteiger partial charge in [-0.15, -0.1) is 28.2 Å². The van der Waals surface area contributed by atoms with Crippen LogP contribution in [-0.4, -0.2) is 94.1 Å². The second kappa shape index (κ2) is 11.5. The number of hydrogen-bond donors (Lipinski definition) is 3. The SMILES string of the molecule is Cn1nnnc1SCC1=C(C(=O)O)N2C(=O)C(NC(=O)C(=NOC3C=CCC3)c3csc(NC=O)n3)[C@H]2SC1. The first-order valence-electron chi connectivity index (χ1n) is 11.5. The molecule has 2 aromatic rings. The molecule has 0 radical (unpaired) electrons. The van der Waals surface area contributed by atoms with Crippen LogP contribution >= 0.6 is 34.9 Å². The van der Waals surface area contributed by atoms with Crippen LogP contribution in [0.5, 0.6) is 0 Å².